The zero-order chi connectivity index (χ0) is 81.3. The molecule has 2 bridgehead atoms. The Balaban J connectivity index is 1.27. The van der Waals surface area contributed by atoms with Gasteiger partial charge in [0.15, 0.2) is 5.78 Å². The number of piperazine rings is 1. The lowest BCUT2D eigenvalue weighted by Gasteiger charge is -2.47. The smallest absolute Gasteiger partial charge is 0.481 e. The lowest BCUT2D eigenvalue weighted by atomic mass is 9.75. The van der Waals surface area contributed by atoms with Gasteiger partial charge in [0, 0.05) is 110 Å². The third-order valence-corrected chi connectivity index (χ3v) is 20.5. The van der Waals surface area contributed by atoms with Gasteiger partial charge in [0.2, 0.25) is 17.8 Å². The number of carboxylic acid groups (broad SMARTS) is 1. The molecule has 600 valence electrons. The van der Waals surface area contributed by atoms with Gasteiger partial charge in [-0.3, -0.25) is 48.9 Å². The number of esters is 2. The molecule has 3 amide bonds. The molecule has 26 nitrogen and oxygen atoms in total. The maximum Gasteiger partial charge on any atom is 0.524 e. The van der Waals surface area contributed by atoms with Crippen molar-refractivity contribution in [2.75, 3.05) is 65.6 Å². The number of likely N-dealkylation sites (N-methyl/N-ethyl adjacent to an activating group) is 1. The van der Waals surface area contributed by atoms with Crippen LogP contribution in [0.4, 0.5) is 54.6 Å². The first-order valence-corrected chi connectivity index (χ1v) is 36.3. The summed E-state index contributed by atoms with van der Waals surface area (Å²) >= 11 is 0. The number of hydrazine groups is 1. The number of ether oxygens (including phenoxy) is 4. The van der Waals surface area contributed by atoms with Crippen molar-refractivity contribution in [3.63, 3.8) is 0 Å². The summed E-state index contributed by atoms with van der Waals surface area (Å²) in [6, 6.07) is 9.05. The minimum Gasteiger partial charge on any atom is -0.481 e. The standard InChI is InChI=1S/C73H87F10N10O16P/c1-41-24-47(30-59(95)89(8)22-11-12-60(96)97)63(57(25-41)109-110(102,103)104)69(2,3)32-62(99)108-58(38-91(88-65(100)52(31-61(98)105-9)70(4,5)72(78,79)80)37-51-53(74)27-45(28-54(51)75)55-21-23-92(87-55)66(76)77)46(29-56(94)64(86-68(101)106-10)71(6,7)73(81,82)83)26-43-16-13-42(14-17-43)15-18-44-33-84-67(85-34-44)90-35-48-19-20-49(36-90)93(48)50-39-107-40-50/h13-14,16-17,21,23-25,27-28,33-34,46,48-50,52,58,64,66H,11-12,19-20,22,26,29-32,35-40H2,1-10H3,(H,86,101)(H,88,100)(H,96,97)(H2,102,103,104)/t46-,48?,49?,52-,58+,64-/m1/s1. The number of carbonyl (C=O) groups is 7. The molecule has 3 aliphatic rings. The number of alkyl carbamates (subject to hydrolysis) is 1. The van der Waals surface area contributed by atoms with Gasteiger partial charge in [-0.2, -0.15) is 40.2 Å². The fourth-order valence-electron chi connectivity index (χ4n) is 13.7. The number of halogens is 10. The van der Waals surface area contributed by atoms with E-state index in [-0.39, 0.29) is 46.3 Å². The van der Waals surface area contributed by atoms with Gasteiger partial charge in [0.25, 0.3) is 0 Å². The van der Waals surface area contributed by atoms with E-state index in [0.29, 0.717) is 106 Å². The van der Waals surface area contributed by atoms with Crippen molar-refractivity contribution in [1.82, 2.24) is 45.3 Å². The Morgan fingerprint density at radius 2 is 1.41 bits per heavy atom. The van der Waals surface area contributed by atoms with Crippen LogP contribution in [0.1, 0.15) is 132 Å². The fourth-order valence-corrected chi connectivity index (χ4v) is 14.1. The molecule has 0 saturated carbocycles. The number of fused-ring (bicyclic) bond motifs is 2. The van der Waals surface area contributed by atoms with E-state index >= 15 is 44.7 Å². The van der Waals surface area contributed by atoms with E-state index in [1.54, 1.807) is 12.4 Å². The Kier molecular flexibility index (Phi) is 27.8. The van der Waals surface area contributed by atoms with E-state index in [1.807, 2.05) is 5.32 Å². The summed E-state index contributed by atoms with van der Waals surface area (Å²) in [7, 11) is -2.62. The first-order valence-electron chi connectivity index (χ1n) is 34.8. The fraction of sp³-hybridized carbons (Fsp3) is 0.534. The SMILES string of the molecule is COC(=O)C[C@H](C(=O)NN(Cc1c(F)cc(-c2ccn(C(F)F)n2)cc1F)C[C@H](OC(=O)CC(C)(C)c1c(CC(=O)N(C)CCCC(=O)O)cc(C)cc1OP(=O)(O)O)[C@@H](CC(=O)[C@@H](NC(=O)OC)C(C)(C)C(F)(F)F)Cc1ccc(C#Cc2cnc(N3CC4CCC(C3)N4C3COC3)nc2)cc1)C(C)(C)C(F)(F)F. The highest BCUT2D eigenvalue weighted by atomic mass is 31.2. The number of amides is 3. The number of phosphoric acid groups is 1. The largest absolute Gasteiger partial charge is 0.524 e. The third-order valence-electron chi connectivity index (χ3n) is 20.0. The van der Waals surface area contributed by atoms with E-state index in [1.165, 1.54) is 63.1 Å². The molecule has 3 aromatic carbocycles. The Bertz CT molecular complexity index is 4240. The molecule has 2 aromatic heterocycles. The highest BCUT2D eigenvalue weighted by Crippen LogP contribution is 2.48. The number of hydrogen-bond acceptors (Lipinski definition) is 19. The number of methoxy groups -OCH3 is 2. The summed E-state index contributed by atoms with van der Waals surface area (Å²) in [4.78, 5) is 132. The molecular weight excluding hydrogens is 1490 g/mol. The van der Waals surface area contributed by atoms with Crippen molar-refractivity contribution >= 4 is 55.4 Å². The first kappa shape index (κ1) is 86.3. The molecule has 3 fully saturated rings. The van der Waals surface area contributed by atoms with Crippen molar-refractivity contribution in [2.24, 2.45) is 22.7 Å². The minimum atomic E-state index is -5.55. The number of hydrogen-bond donors (Lipinski definition) is 5. The summed E-state index contributed by atoms with van der Waals surface area (Å²) in [6.45, 7) is 3.26. The normalized spacial score (nSPS) is 16.9. The van der Waals surface area contributed by atoms with Gasteiger partial charge in [-0.05, 0) is 99.5 Å². The van der Waals surface area contributed by atoms with Gasteiger partial charge >= 0.3 is 50.7 Å². The molecule has 0 aliphatic carbocycles. The van der Waals surface area contributed by atoms with Crippen LogP contribution in [0.5, 0.6) is 5.75 Å². The van der Waals surface area contributed by atoms with Crippen molar-refractivity contribution < 1.29 is 120 Å². The Hall–Kier alpha value is -9.27. The van der Waals surface area contributed by atoms with Gasteiger partial charge in [0.1, 0.15) is 29.5 Å². The van der Waals surface area contributed by atoms with Crippen LogP contribution in [0.25, 0.3) is 11.3 Å². The number of alkyl halides is 8. The van der Waals surface area contributed by atoms with Crippen LogP contribution < -0.4 is 20.2 Å². The monoisotopic (exact) mass is 1580 g/mol. The summed E-state index contributed by atoms with van der Waals surface area (Å²) in [6.07, 6.45) is -13.5. The molecular formula is C73H87F10N10O16P. The lowest BCUT2D eigenvalue weighted by molar-refractivity contribution is -0.231. The molecule has 5 N–H and O–H groups in total. The number of anilines is 1. The maximum absolute atomic E-state index is 16.9. The molecule has 2 unspecified atom stereocenters. The molecule has 5 aromatic rings. The number of aryl methyl sites for hydroxylation is 1. The van der Waals surface area contributed by atoms with E-state index in [4.69, 9.17) is 14.0 Å². The number of nitrogens with one attached hydrogen (secondary N) is 2. The molecule has 3 saturated heterocycles. The van der Waals surface area contributed by atoms with Crippen LogP contribution >= 0.6 is 7.82 Å². The number of phosphoric ester groups is 1. The second-order valence-electron chi connectivity index (χ2n) is 29.3. The number of benzene rings is 3. The maximum atomic E-state index is 16.9. The molecule has 0 spiro atoms. The van der Waals surface area contributed by atoms with Gasteiger partial charge in [-0.15, -0.1) is 0 Å². The summed E-state index contributed by atoms with van der Waals surface area (Å²) < 4.78 is 192. The Morgan fingerprint density at radius 3 is 1.95 bits per heavy atom. The number of aromatic nitrogens is 4. The first-order chi connectivity index (χ1) is 51.3. The van der Waals surface area contributed by atoms with Crippen molar-refractivity contribution in [3.8, 4) is 28.8 Å². The van der Waals surface area contributed by atoms with E-state index in [0.717, 1.165) is 45.4 Å². The van der Waals surface area contributed by atoms with Crippen molar-refractivity contribution in [1.29, 1.82) is 0 Å². The molecule has 37 heteroatoms. The molecule has 6 atom stereocenters. The van der Waals surface area contributed by atoms with Gasteiger partial charge in [-0.25, -0.2) is 37.8 Å². The average molecular weight is 1580 g/mol. The van der Waals surface area contributed by atoms with Crippen molar-refractivity contribution in [3.05, 3.63) is 124 Å². The average Bonchev–Trinajstić information content (AvgIpc) is 1.56. The van der Waals surface area contributed by atoms with Crippen LogP contribution in [-0.4, -0.2) is 194 Å². The number of carboxylic acids is 1. The van der Waals surface area contributed by atoms with Crippen LogP contribution in [-0.2, 0) is 77.1 Å². The number of aliphatic carboxylic acids is 1. The molecule has 0 radical (unpaired) electrons. The van der Waals surface area contributed by atoms with Gasteiger partial charge in [0.05, 0.1) is 87.3 Å². The second-order valence-corrected chi connectivity index (χ2v) is 30.5. The Labute approximate surface area is 627 Å². The van der Waals surface area contributed by atoms with Gasteiger partial charge < -0.3 is 43.7 Å². The molecule has 3 aliphatic heterocycles. The quantitative estimate of drug-likeness (QED) is 0.00651. The molecule has 8 rings (SSSR count). The van der Waals surface area contributed by atoms with Crippen LogP contribution in [0.2, 0.25) is 0 Å². The second kappa shape index (κ2) is 35.4. The van der Waals surface area contributed by atoms with Crippen LogP contribution in [0, 0.1) is 53.1 Å². The van der Waals surface area contributed by atoms with E-state index < -0.39 is 188 Å². The zero-order valence-electron chi connectivity index (χ0n) is 61.8. The summed E-state index contributed by atoms with van der Waals surface area (Å²) in [5, 5.41) is 15.4. The molecule has 5 heterocycles. The summed E-state index contributed by atoms with van der Waals surface area (Å²) in [5.41, 5.74) is -7.05. The predicted molar refractivity (Wildman–Crippen MR) is 373 cm³/mol. The van der Waals surface area contributed by atoms with Crippen LogP contribution in [0.15, 0.2) is 73.2 Å². The highest BCUT2D eigenvalue weighted by Gasteiger charge is 2.57. The zero-order valence-corrected chi connectivity index (χ0v) is 62.7. The van der Waals surface area contributed by atoms with Gasteiger partial charge in [-0.1, -0.05) is 57.7 Å². The Morgan fingerprint density at radius 1 is 0.800 bits per heavy atom. The third kappa shape index (κ3) is 21.9. The molecule has 110 heavy (non-hydrogen) atoms. The summed E-state index contributed by atoms with van der Waals surface area (Å²) in [5.74, 6) is -9.24. The van der Waals surface area contributed by atoms with Crippen LogP contribution in [0.3, 0.4) is 0 Å². The predicted octanol–water partition coefficient (Wildman–Crippen LogP) is 10.1. The van der Waals surface area contributed by atoms with E-state index in [2.05, 4.69) is 51.6 Å². The minimum absolute atomic E-state index is 0.00351. The number of ketones is 1. The lowest BCUT2D eigenvalue weighted by Crippen LogP contribution is -2.62. The number of Topliss-reactive ketones (excluding diaryl/α,β-unsaturated/α-hetero) is 1. The number of rotatable bonds is 33. The number of carbonyl (C=O) groups excluding carboxylic acids is 6. The topological polar surface area (TPSA) is 324 Å². The highest BCUT2D eigenvalue weighted by molar-refractivity contribution is 7.46. The van der Waals surface area contributed by atoms with E-state index in [9.17, 15) is 52.2 Å². The number of nitrogens with zero attached hydrogens (tertiary/aromatic N) is 8. The van der Waals surface area contributed by atoms with Crippen molar-refractivity contribution in [2.45, 2.75) is 167 Å².